The smallest absolute Gasteiger partial charge is 0.234 e. The van der Waals surface area contributed by atoms with E-state index in [1.807, 2.05) is 48.9 Å². The van der Waals surface area contributed by atoms with E-state index in [-0.39, 0.29) is 17.8 Å². The first-order valence-electron chi connectivity index (χ1n) is 8.95. The van der Waals surface area contributed by atoms with E-state index in [1.165, 1.54) is 11.8 Å². The minimum atomic E-state index is -0.319. The van der Waals surface area contributed by atoms with Crippen LogP contribution in [-0.2, 0) is 11.8 Å². The maximum absolute atomic E-state index is 12.3. The lowest BCUT2D eigenvalue weighted by Gasteiger charge is -2.14. The number of ether oxygens (including phenoxy) is 2. The number of halogens is 2. The zero-order valence-corrected chi connectivity index (χ0v) is 19.7. The summed E-state index contributed by atoms with van der Waals surface area (Å²) in [4.78, 5) is 12.3. The monoisotopic (exact) mass is 510 g/mol. The molecule has 2 aromatic carbocycles. The van der Waals surface area contributed by atoms with E-state index >= 15 is 0 Å². The Morgan fingerprint density at radius 1 is 1.23 bits per heavy atom. The number of carbonyl (C=O) groups excluding carboxylic acids is 1. The van der Waals surface area contributed by atoms with Crippen LogP contribution >= 0.6 is 39.3 Å². The van der Waals surface area contributed by atoms with Gasteiger partial charge in [0, 0.05) is 11.5 Å². The molecule has 1 amide bonds. The lowest BCUT2D eigenvalue weighted by molar-refractivity contribution is -0.113. The number of thioether (sulfide) groups is 1. The lowest BCUT2D eigenvalue weighted by Crippen LogP contribution is -2.15. The van der Waals surface area contributed by atoms with Crippen LogP contribution in [0.15, 0.2) is 52.1 Å². The average molecular weight is 512 g/mol. The maximum atomic E-state index is 12.3. The number of benzene rings is 2. The Balaban J connectivity index is 1.58. The Bertz CT molecular complexity index is 1030. The molecule has 158 valence electrons. The number of amides is 1. The molecule has 0 saturated carbocycles. The molecule has 30 heavy (non-hydrogen) atoms. The maximum Gasteiger partial charge on any atom is 0.234 e. The van der Waals surface area contributed by atoms with Crippen molar-refractivity contribution in [3.05, 3.63) is 57.8 Å². The molecule has 0 aliphatic heterocycles. The predicted octanol–water partition coefficient (Wildman–Crippen LogP) is 5.11. The summed E-state index contributed by atoms with van der Waals surface area (Å²) in [5.41, 5.74) is 0.561. The van der Waals surface area contributed by atoms with Gasteiger partial charge in [-0.25, -0.2) is 0 Å². The summed E-state index contributed by atoms with van der Waals surface area (Å²) in [6, 6.07) is 12.6. The first-order valence-corrected chi connectivity index (χ1v) is 11.1. The normalized spacial score (nSPS) is 11.8. The van der Waals surface area contributed by atoms with Crippen molar-refractivity contribution in [3.8, 4) is 11.5 Å². The highest BCUT2D eigenvalue weighted by atomic mass is 79.9. The summed E-state index contributed by atoms with van der Waals surface area (Å²) >= 11 is 10.8. The van der Waals surface area contributed by atoms with Crippen LogP contribution in [0.25, 0.3) is 0 Å². The van der Waals surface area contributed by atoms with Crippen LogP contribution in [0.4, 0.5) is 5.69 Å². The minimum absolute atomic E-state index is 0.173. The molecular weight excluding hydrogens is 492 g/mol. The lowest BCUT2D eigenvalue weighted by atomic mass is 10.3. The second-order valence-electron chi connectivity index (χ2n) is 6.30. The number of nitrogens with zero attached hydrogens (tertiary/aromatic N) is 3. The largest absolute Gasteiger partial charge is 0.497 e. The van der Waals surface area contributed by atoms with Crippen molar-refractivity contribution in [3.63, 3.8) is 0 Å². The van der Waals surface area contributed by atoms with Gasteiger partial charge in [0.15, 0.2) is 17.1 Å². The van der Waals surface area contributed by atoms with E-state index < -0.39 is 0 Å². The number of rotatable bonds is 8. The van der Waals surface area contributed by atoms with E-state index in [9.17, 15) is 4.79 Å². The average Bonchev–Trinajstić information content (AvgIpc) is 3.09. The van der Waals surface area contributed by atoms with E-state index in [0.29, 0.717) is 27.4 Å². The Morgan fingerprint density at radius 3 is 2.60 bits per heavy atom. The van der Waals surface area contributed by atoms with Crippen molar-refractivity contribution in [1.82, 2.24) is 14.8 Å². The van der Waals surface area contributed by atoms with Crippen LogP contribution in [0.3, 0.4) is 0 Å². The van der Waals surface area contributed by atoms with E-state index in [2.05, 4.69) is 31.4 Å². The topological polar surface area (TPSA) is 78.3 Å². The van der Waals surface area contributed by atoms with E-state index in [1.54, 1.807) is 19.2 Å². The molecule has 1 heterocycles. The summed E-state index contributed by atoms with van der Waals surface area (Å²) in [6.45, 7) is 1.89. The second kappa shape index (κ2) is 10.2. The van der Waals surface area contributed by atoms with Crippen molar-refractivity contribution in [2.45, 2.75) is 18.2 Å². The number of hydrogen-bond donors (Lipinski definition) is 1. The van der Waals surface area contributed by atoms with Crippen LogP contribution in [0.1, 0.15) is 18.9 Å². The molecule has 0 bridgehead atoms. The summed E-state index contributed by atoms with van der Waals surface area (Å²) in [6.07, 6.45) is -0.319. The second-order valence-corrected chi connectivity index (χ2v) is 8.56. The first-order chi connectivity index (χ1) is 14.4. The number of aromatic nitrogens is 3. The van der Waals surface area contributed by atoms with E-state index in [4.69, 9.17) is 21.1 Å². The molecule has 1 unspecified atom stereocenters. The fourth-order valence-corrected chi connectivity index (χ4v) is 4.06. The van der Waals surface area contributed by atoms with Gasteiger partial charge in [0.25, 0.3) is 0 Å². The molecule has 3 rings (SSSR count). The van der Waals surface area contributed by atoms with Crippen molar-refractivity contribution < 1.29 is 14.3 Å². The van der Waals surface area contributed by atoms with Crippen molar-refractivity contribution in [2.24, 2.45) is 7.05 Å². The molecule has 10 heteroatoms. The van der Waals surface area contributed by atoms with Crippen molar-refractivity contribution in [2.75, 3.05) is 18.2 Å². The number of hydrogen-bond acceptors (Lipinski definition) is 6. The molecule has 0 saturated heterocycles. The Morgan fingerprint density at radius 2 is 1.93 bits per heavy atom. The minimum Gasteiger partial charge on any atom is -0.497 e. The fourth-order valence-electron chi connectivity index (χ4n) is 2.62. The van der Waals surface area contributed by atoms with Gasteiger partial charge in [0.1, 0.15) is 11.5 Å². The number of carbonyl (C=O) groups is 1. The van der Waals surface area contributed by atoms with Gasteiger partial charge in [0.2, 0.25) is 5.91 Å². The standard InChI is InChI=1S/C20H20BrClN4O3S/c1-12(29-15-7-5-14(28-3)6-8-15)19-24-25-20(26(19)2)30-11-18(27)23-17-9-4-13(21)10-16(17)22/h4-10,12H,11H2,1-3H3,(H,23,27). The van der Waals surface area contributed by atoms with Gasteiger partial charge >= 0.3 is 0 Å². The summed E-state index contributed by atoms with van der Waals surface area (Å²) in [5.74, 6) is 2.11. The molecule has 0 radical (unpaired) electrons. The number of anilines is 1. The molecule has 1 atom stereocenters. The van der Waals surface area contributed by atoms with Crippen molar-refractivity contribution >= 4 is 50.9 Å². The highest BCUT2D eigenvalue weighted by Crippen LogP contribution is 2.27. The Labute approximate surface area is 192 Å². The van der Waals surface area contributed by atoms with Crippen LogP contribution in [0, 0.1) is 0 Å². The van der Waals surface area contributed by atoms with Crippen LogP contribution in [0.2, 0.25) is 5.02 Å². The van der Waals surface area contributed by atoms with Crippen LogP contribution < -0.4 is 14.8 Å². The van der Waals surface area contributed by atoms with Gasteiger partial charge in [-0.1, -0.05) is 39.3 Å². The molecular formula is C20H20BrClN4O3S. The van der Waals surface area contributed by atoms with Crippen molar-refractivity contribution in [1.29, 1.82) is 0 Å². The molecule has 3 aromatic rings. The van der Waals surface area contributed by atoms with Crippen LogP contribution in [-0.4, -0.2) is 33.5 Å². The van der Waals surface area contributed by atoms with Gasteiger partial charge < -0.3 is 19.4 Å². The molecule has 7 nitrogen and oxygen atoms in total. The van der Waals surface area contributed by atoms with E-state index in [0.717, 1.165) is 10.2 Å². The third kappa shape index (κ3) is 5.68. The first kappa shape index (κ1) is 22.5. The molecule has 0 fully saturated rings. The number of methoxy groups -OCH3 is 1. The van der Waals surface area contributed by atoms with Gasteiger partial charge in [-0.3, -0.25) is 4.79 Å². The summed E-state index contributed by atoms with van der Waals surface area (Å²) < 4.78 is 13.7. The van der Waals surface area contributed by atoms with Gasteiger partial charge in [-0.2, -0.15) is 0 Å². The Kier molecular flexibility index (Phi) is 7.63. The summed E-state index contributed by atoms with van der Waals surface area (Å²) in [7, 11) is 3.46. The third-order valence-electron chi connectivity index (χ3n) is 4.14. The molecule has 0 spiro atoms. The zero-order valence-electron chi connectivity index (χ0n) is 16.6. The highest BCUT2D eigenvalue weighted by molar-refractivity contribution is 9.10. The predicted molar refractivity (Wildman–Crippen MR) is 122 cm³/mol. The van der Waals surface area contributed by atoms with Gasteiger partial charge in [-0.05, 0) is 49.4 Å². The quantitative estimate of drug-likeness (QED) is 0.423. The third-order valence-corrected chi connectivity index (χ3v) is 5.97. The summed E-state index contributed by atoms with van der Waals surface area (Å²) in [5, 5.41) is 12.3. The SMILES string of the molecule is COc1ccc(OC(C)c2nnc(SCC(=O)Nc3ccc(Br)cc3Cl)n2C)cc1. The molecule has 1 aromatic heterocycles. The molecule has 0 aliphatic carbocycles. The van der Waals surface area contributed by atoms with Gasteiger partial charge in [0.05, 0.1) is 23.6 Å². The number of nitrogens with one attached hydrogen (secondary N) is 1. The molecule has 0 aliphatic rings. The fraction of sp³-hybridized carbons (Fsp3) is 0.250. The Hall–Kier alpha value is -2.23. The zero-order chi connectivity index (χ0) is 21.7. The highest BCUT2D eigenvalue weighted by Gasteiger charge is 2.18. The van der Waals surface area contributed by atoms with Crippen LogP contribution in [0.5, 0.6) is 11.5 Å². The molecule has 1 N–H and O–H groups in total. The van der Waals surface area contributed by atoms with Gasteiger partial charge in [-0.15, -0.1) is 10.2 Å².